The number of amides is 1. The predicted octanol–water partition coefficient (Wildman–Crippen LogP) is 0.924. The van der Waals surface area contributed by atoms with E-state index in [0.717, 1.165) is 6.54 Å². The van der Waals surface area contributed by atoms with Gasteiger partial charge in [0.2, 0.25) is 5.91 Å². The molecule has 118 valence electrons. The average molecular weight is 302 g/mol. The van der Waals surface area contributed by atoms with Gasteiger partial charge in [-0.05, 0) is 32.6 Å². The molecular formula is C16H22N4O2. The van der Waals surface area contributed by atoms with Crippen molar-refractivity contribution in [3.63, 3.8) is 0 Å². The lowest BCUT2D eigenvalue weighted by molar-refractivity contribution is -0.121. The van der Waals surface area contributed by atoms with Crippen molar-refractivity contribution in [3.8, 4) is 0 Å². The van der Waals surface area contributed by atoms with Crippen LogP contribution in [0.3, 0.4) is 0 Å². The summed E-state index contributed by atoms with van der Waals surface area (Å²) in [5, 5.41) is 3.46. The third-order valence-corrected chi connectivity index (χ3v) is 3.36. The summed E-state index contributed by atoms with van der Waals surface area (Å²) in [7, 11) is 3.93. The van der Waals surface area contributed by atoms with Gasteiger partial charge in [-0.3, -0.25) is 9.59 Å². The molecule has 22 heavy (non-hydrogen) atoms. The minimum Gasteiger partial charge on any atom is -0.355 e. The third kappa shape index (κ3) is 4.66. The van der Waals surface area contributed by atoms with Crippen LogP contribution < -0.4 is 10.9 Å². The van der Waals surface area contributed by atoms with E-state index in [1.165, 1.54) is 0 Å². The standard InChI is InChI=1S/C16H22N4O2/c1-20(2)11-10-17-15(21)9-5-8-14-18-13-7-4-3-6-12(13)16(22)19-14/h3-4,6-7H,5,8-11H2,1-2H3,(H,17,21)(H,18,19,22). The van der Waals surface area contributed by atoms with Crippen molar-refractivity contribution in [1.82, 2.24) is 20.2 Å². The molecule has 2 aromatic rings. The Bertz CT molecular complexity index is 694. The van der Waals surface area contributed by atoms with Gasteiger partial charge in [0, 0.05) is 25.9 Å². The first kappa shape index (κ1) is 16.2. The normalized spacial score (nSPS) is 11.0. The first-order valence-electron chi connectivity index (χ1n) is 7.45. The summed E-state index contributed by atoms with van der Waals surface area (Å²) in [5.41, 5.74) is 0.563. The fourth-order valence-electron chi connectivity index (χ4n) is 2.18. The van der Waals surface area contributed by atoms with Crippen LogP contribution in [-0.4, -0.2) is 48.0 Å². The summed E-state index contributed by atoms with van der Waals surface area (Å²) < 4.78 is 0. The number of rotatable bonds is 7. The minimum absolute atomic E-state index is 0.0324. The molecule has 0 bridgehead atoms. The molecule has 0 atom stereocenters. The summed E-state index contributed by atoms with van der Waals surface area (Å²) in [5.74, 6) is 0.662. The number of H-pyrrole nitrogens is 1. The van der Waals surface area contributed by atoms with Crippen LogP contribution in [0.25, 0.3) is 10.9 Å². The van der Waals surface area contributed by atoms with Crippen LogP contribution in [-0.2, 0) is 11.2 Å². The molecule has 0 fully saturated rings. The van der Waals surface area contributed by atoms with Gasteiger partial charge >= 0.3 is 0 Å². The van der Waals surface area contributed by atoms with Crippen molar-refractivity contribution >= 4 is 16.8 Å². The third-order valence-electron chi connectivity index (χ3n) is 3.36. The molecule has 2 rings (SSSR count). The van der Waals surface area contributed by atoms with Crippen molar-refractivity contribution in [2.24, 2.45) is 0 Å². The van der Waals surface area contributed by atoms with Crippen LogP contribution in [0.2, 0.25) is 0 Å². The average Bonchev–Trinajstić information content (AvgIpc) is 2.47. The Balaban J connectivity index is 1.84. The number of carbonyl (C=O) groups is 1. The number of likely N-dealkylation sites (N-methyl/N-ethyl adjacent to an activating group) is 1. The second-order valence-corrected chi connectivity index (χ2v) is 5.54. The Morgan fingerprint density at radius 1 is 1.32 bits per heavy atom. The maximum absolute atomic E-state index is 11.9. The molecule has 1 aromatic carbocycles. The number of nitrogens with zero attached hydrogens (tertiary/aromatic N) is 2. The highest BCUT2D eigenvalue weighted by molar-refractivity contribution is 5.77. The van der Waals surface area contributed by atoms with Crippen molar-refractivity contribution in [1.29, 1.82) is 0 Å². The molecule has 0 spiro atoms. The monoisotopic (exact) mass is 302 g/mol. The second-order valence-electron chi connectivity index (χ2n) is 5.54. The Labute approximate surface area is 129 Å². The van der Waals surface area contributed by atoms with E-state index in [4.69, 9.17) is 0 Å². The largest absolute Gasteiger partial charge is 0.355 e. The number of benzene rings is 1. The van der Waals surface area contributed by atoms with Gasteiger partial charge in [-0.25, -0.2) is 4.98 Å². The van der Waals surface area contributed by atoms with Crippen molar-refractivity contribution in [3.05, 3.63) is 40.4 Å². The van der Waals surface area contributed by atoms with Crippen LogP contribution in [0.15, 0.2) is 29.1 Å². The quantitative estimate of drug-likeness (QED) is 0.797. The van der Waals surface area contributed by atoms with Crippen molar-refractivity contribution in [2.75, 3.05) is 27.2 Å². The van der Waals surface area contributed by atoms with E-state index < -0.39 is 0 Å². The van der Waals surface area contributed by atoms with E-state index in [2.05, 4.69) is 15.3 Å². The number of hydrogen-bond acceptors (Lipinski definition) is 4. The van der Waals surface area contributed by atoms with Crippen LogP contribution in [0.1, 0.15) is 18.7 Å². The lowest BCUT2D eigenvalue weighted by Crippen LogP contribution is -2.31. The molecule has 0 radical (unpaired) electrons. The smallest absolute Gasteiger partial charge is 0.258 e. The number of fused-ring (bicyclic) bond motifs is 1. The predicted molar refractivity (Wildman–Crippen MR) is 86.9 cm³/mol. The topological polar surface area (TPSA) is 78.1 Å². The van der Waals surface area contributed by atoms with E-state index >= 15 is 0 Å². The van der Waals surface area contributed by atoms with Crippen molar-refractivity contribution in [2.45, 2.75) is 19.3 Å². The lowest BCUT2D eigenvalue weighted by Gasteiger charge is -2.10. The molecule has 6 nitrogen and oxygen atoms in total. The summed E-state index contributed by atoms with van der Waals surface area (Å²) in [6.07, 6.45) is 1.68. The van der Waals surface area contributed by atoms with Crippen molar-refractivity contribution < 1.29 is 4.79 Å². The fourth-order valence-corrected chi connectivity index (χ4v) is 2.18. The highest BCUT2D eigenvalue weighted by atomic mass is 16.1. The van der Waals surface area contributed by atoms with Gasteiger partial charge in [-0.15, -0.1) is 0 Å². The number of carbonyl (C=O) groups excluding carboxylic acids is 1. The zero-order chi connectivity index (χ0) is 15.9. The Morgan fingerprint density at radius 3 is 2.86 bits per heavy atom. The van der Waals surface area contributed by atoms with Gasteiger partial charge in [-0.2, -0.15) is 0 Å². The summed E-state index contributed by atoms with van der Waals surface area (Å²) in [6.45, 7) is 1.47. The lowest BCUT2D eigenvalue weighted by atomic mass is 10.2. The zero-order valence-corrected chi connectivity index (χ0v) is 13.1. The van der Waals surface area contributed by atoms with Gasteiger partial charge in [0.05, 0.1) is 10.9 Å². The van der Waals surface area contributed by atoms with Crippen LogP contribution >= 0.6 is 0 Å². The number of aryl methyl sites for hydroxylation is 1. The Hall–Kier alpha value is -2.21. The van der Waals surface area contributed by atoms with E-state index in [9.17, 15) is 9.59 Å². The summed E-state index contributed by atoms with van der Waals surface area (Å²) >= 11 is 0. The van der Waals surface area contributed by atoms with Gasteiger partial charge in [0.1, 0.15) is 5.82 Å². The van der Waals surface area contributed by atoms with Crippen LogP contribution in [0.4, 0.5) is 0 Å². The molecule has 1 amide bonds. The molecule has 0 saturated heterocycles. The minimum atomic E-state index is -0.129. The van der Waals surface area contributed by atoms with E-state index in [-0.39, 0.29) is 11.5 Å². The maximum atomic E-state index is 11.9. The Kier molecular flexibility index (Phi) is 5.66. The van der Waals surface area contributed by atoms with Gasteiger partial charge in [0.15, 0.2) is 0 Å². The van der Waals surface area contributed by atoms with Gasteiger partial charge in [-0.1, -0.05) is 12.1 Å². The molecule has 6 heteroatoms. The number of nitrogens with one attached hydrogen (secondary N) is 2. The molecule has 1 heterocycles. The van der Waals surface area contributed by atoms with E-state index in [1.54, 1.807) is 6.07 Å². The molecule has 0 aliphatic heterocycles. The molecular weight excluding hydrogens is 280 g/mol. The molecule has 0 aliphatic rings. The van der Waals surface area contributed by atoms with E-state index in [1.807, 2.05) is 37.2 Å². The fraction of sp³-hybridized carbons (Fsp3) is 0.438. The SMILES string of the molecule is CN(C)CCNC(=O)CCCc1nc2ccccc2c(=O)[nH]1. The zero-order valence-electron chi connectivity index (χ0n) is 13.1. The highest BCUT2D eigenvalue weighted by Gasteiger charge is 2.05. The van der Waals surface area contributed by atoms with E-state index in [0.29, 0.717) is 42.5 Å². The molecule has 1 aromatic heterocycles. The first-order chi connectivity index (χ1) is 10.6. The number of aromatic nitrogens is 2. The molecule has 0 saturated carbocycles. The molecule has 0 unspecified atom stereocenters. The van der Waals surface area contributed by atoms with Gasteiger partial charge < -0.3 is 15.2 Å². The number of aromatic amines is 1. The maximum Gasteiger partial charge on any atom is 0.258 e. The summed E-state index contributed by atoms with van der Waals surface area (Å²) in [6, 6.07) is 7.25. The second kappa shape index (κ2) is 7.70. The molecule has 2 N–H and O–H groups in total. The Morgan fingerprint density at radius 2 is 2.09 bits per heavy atom. The van der Waals surface area contributed by atoms with Gasteiger partial charge in [0.25, 0.3) is 5.56 Å². The van der Waals surface area contributed by atoms with Crippen LogP contribution in [0.5, 0.6) is 0 Å². The first-order valence-corrected chi connectivity index (χ1v) is 7.45. The molecule has 0 aliphatic carbocycles. The number of hydrogen-bond donors (Lipinski definition) is 2. The van der Waals surface area contributed by atoms with Crippen LogP contribution in [0, 0.1) is 0 Å². The number of para-hydroxylation sites is 1. The summed E-state index contributed by atoms with van der Waals surface area (Å²) in [4.78, 5) is 32.8. The highest BCUT2D eigenvalue weighted by Crippen LogP contribution is 2.07.